The van der Waals surface area contributed by atoms with Gasteiger partial charge in [-0.05, 0) is 26.0 Å². The first-order valence-electron chi connectivity index (χ1n) is 6.25. The first-order chi connectivity index (χ1) is 9.68. The third-order valence-corrected chi connectivity index (χ3v) is 4.98. The second kappa shape index (κ2) is 6.70. The lowest BCUT2D eigenvalue weighted by Gasteiger charge is -2.21. The van der Waals surface area contributed by atoms with Crippen LogP contribution in [0.3, 0.4) is 0 Å². The van der Waals surface area contributed by atoms with Gasteiger partial charge in [0.25, 0.3) is 0 Å². The maximum absolute atomic E-state index is 12.1. The van der Waals surface area contributed by atoms with Crippen LogP contribution in [0.2, 0.25) is 0 Å². The number of hydrogen-bond acceptors (Lipinski definition) is 5. The lowest BCUT2D eigenvalue weighted by molar-refractivity contribution is -0.117. The third kappa shape index (κ3) is 4.55. The van der Waals surface area contributed by atoms with Crippen molar-refractivity contribution in [2.75, 3.05) is 18.2 Å². The molecule has 0 aliphatic carbocycles. The number of carbonyl (C=O) groups excluding carboxylic acids is 1. The molecule has 1 amide bonds. The summed E-state index contributed by atoms with van der Waals surface area (Å²) in [5, 5.41) is 11.1. The van der Waals surface area contributed by atoms with Gasteiger partial charge in [-0.3, -0.25) is 4.79 Å². The Morgan fingerprint density at radius 1 is 1.48 bits per heavy atom. The maximum Gasteiger partial charge on any atom is 0.246 e. The molecule has 1 aromatic rings. The molecule has 1 rings (SSSR count). The normalized spacial score (nSPS) is 11.4. The lowest BCUT2D eigenvalue weighted by atomic mass is 10.2. The zero-order valence-corrected chi connectivity index (χ0v) is 13.0. The van der Waals surface area contributed by atoms with Crippen molar-refractivity contribution in [3.8, 4) is 11.8 Å². The Morgan fingerprint density at radius 3 is 2.71 bits per heavy atom. The molecule has 0 aliphatic heterocycles. The van der Waals surface area contributed by atoms with Gasteiger partial charge in [0.2, 0.25) is 5.91 Å². The van der Waals surface area contributed by atoms with Crippen molar-refractivity contribution >= 4 is 21.6 Å². The van der Waals surface area contributed by atoms with Gasteiger partial charge in [-0.2, -0.15) is 0 Å². The molecule has 6 nitrogen and oxygen atoms in total. The molecule has 0 atom stereocenters. The van der Waals surface area contributed by atoms with Gasteiger partial charge in [0.05, 0.1) is 6.61 Å². The lowest BCUT2D eigenvalue weighted by Crippen LogP contribution is -2.44. The standard InChI is InChI=1S/C14H18N2O4S/c1-14(2,21(3,19)20)13(18)16-12-10-11(7-8-15-12)6-4-5-9-17/h7-8,10,17H,5,9H2,1-3H3,(H,15,16,18). The summed E-state index contributed by atoms with van der Waals surface area (Å²) in [6, 6.07) is 3.20. The molecule has 0 spiro atoms. The van der Waals surface area contributed by atoms with Gasteiger partial charge in [-0.1, -0.05) is 11.8 Å². The summed E-state index contributed by atoms with van der Waals surface area (Å²) in [6.07, 6.45) is 2.83. The molecule has 0 saturated carbocycles. The van der Waals surface area contributed by atoms with E-state index in [-0.39, 0.29) is 12.4 Å². The van der Waals surface area contributed by atoms with Crippen LogP contribution in [0.4, 0.5) is 5.82 Å². The molecule has 0 radical (unpaired) electrons. The Kier molecular flexibility index (Phi) is 5.47. The first kappa shape index (κ1) is 17.1. The van der Waals surface area contributed by atoms with E-state index in [0.717, 1.165) is 6.26 Å². The monoisotopic (exact) mass is 310 g/mol. The zero-order chi connectivity index (χ0) is 16.1. The quantitative estimate of drug-likeness (QED) is 0.793. The van der Waals surface area contributed by atoms with E-state index in [4.69, 9.17) is 5.11 Å². The minimum Gasteiger partial charge on any atom is -0.395 e. The molecule has 0 saturated heterocycles. The fourth-order valence-corrected chi connectivity index (χ4v) is 1.62. The number of carbonyl (C=O) groups is 1. The summed E-state index contributed by atoms with van der Waals surface area (Å²) in [4.78, 5) is 16.0. The highest BCUT2D eigenvalue weighted by molar-refractivity contribution is 7.92. The molecule has 1 heterocycles. The van der Waals surface area contributed by atoms with Crippen molar-refractivity contribution < 1.29 is 18.3 Å². The average Bonchev–Trinajstić information content (AvgIpc) is 2.38. The summed E-state index contributed by atoms with van der Waals surface area (Å²) < 4.78 is 21.6. The fraction of sp³-hybridized carbons (Fsp3) is 0.429. The highest BCUT2D eigenvalue weighted by Crippen LogP contribution is 2.18. The van der Waals surface area contributed by atoms with E-state index in [0.29, 0.717) is 12.0 Å². The number of rotatable bonds is 4. The Morgan fingerprint density at radius 2 is 2.14 bits per heavy atom. The second-order valence-electron chi connectivity index (χ2n) is 4.94. The largest absolute Gasteiger partial charge is 0.395 e. The number of aliphatic hydroxyl groups excluding tert-OH is 1. The second-order valence-corrected chi connectivity index (χ2v) is 7.51. The molecule has 0 unspecified atom stereocenters. The van der Waals surface area contributed by atoms with Crippen molar-refractivity contribution in [3.05, 3.63) is 23.9 Å². The van der Waals surface area contributed by atoms with E-state index in [2.05, 4.69) is 22.1 Å². The number of pyridine rings is 1. The summed E-state index contributed by atoms with van der Waals surface area (Å²) in [5.41, 5.74) is 0.617. The van der Waals surface area contributed by atoms with Gasteiger partial charge >= 0.3 is 0 Å². The number of aromatic nitrogens is 1. The molecule has 1 aromatic heterocycles. The molecular formula is C14H18N2O4S. The van der Waals surface area contributed by atoms with Crippen LogP contribution < -0.4 is 5.32 Å². The van der Waals surface area contributed by atoms with Crippen molar-refractivity contribution in [3.63, 3.8) is 0 Å². The summed E-state index contributed by atoms with van der Waals surface area (Å²) in [5.74, 6) is 5.13. The van der Waals surface area contributed by atoms with Gasteiger partial charge in [0.15, 0.2) is 9.84 Å². The van der Waals surface area contributed by atoms with Gasteiger partial charge in [-0.15, -0.1) is 0 Å². The highest BCUT2D eigenvalue weighted by Gasteiger charge is 2.38. The number of amides is 1. The number of nitrogens with zero attached hydrogens (tertiary/aromatic N) is 1. The molecule has 7 heteroatoms. The number of aliphatic hydroxyl groups is 1. The zero-order valence-electron chi connectivity index (χ0n) is 12.2. The number of hydrogen-bond donors (Lipinski definition) is 2. The number of anilines is 1. The van der Waals surface area contributed by atoms with Crippen molar-refractivity contribution in [1.29, 1.82) is 0 Å². The van der Waals surface area contributed by atoms with Crippen LogP contribution in [0.15, 0.2) is 18.3 Å². The van der Waals surface area contributed by atoms with Gasteiger partial charge in [0, 0.05) is 24.4 Å². The third-order valence-electron chi connectivity index (χ3n) is 2.94. The van der Waals surface area contributed by atoms with Crippen LogP contribution in [0, 0.1) is 11.8 Å². The van der Waals surface area contributed by atoms with Gasteiger partial charge in [-0.25, -0.2) is 13.4 Å². The smallest absolute Gasteiger partial charge is 0.246 e. The Balaban J connectivity index is 2.93. The van der Waals surface area contributed by atoms with Crippen LogP contribution >= 0.6 is 0 Å². The minimum absolute atomic E-state index is 0.0236. The van der Waals surface area contributed by atoms with E-state index < -0.39 is 20.5 Å². The SMILES string of the molecule is CC(C)(C(=O)Nc1cc(C#CCCO)ccn1)S(C)(=O)=O. The van der Waals surface area contributed by atoms with E-state index in [9.17, 15) is 13.2 Å². The van der Waals surface area contributed by atoms with E-state index >= 15 is 0 Å². The van der Waals surface area contributed by atoms with Crippen LogP contribution in [-0.2, 0) is 14.6 Å². The van der Waals surface area contributed by atoms with Crippen LogP contribution in [0.5, 0.6) is 0 Å². The van der Waals surface area contributed by atoms with Crippen molar-refractivity contribution in [2.45, 2.75) is 25.0 Å². The minimum atomic E-state index is -3.54. The predicted octanol–water partition coefficient (Wildman–Crippen LogP) is 0.577. The molecular weight excluding hydrogens is 292 g/mol. The maximum atomic E-state index is 12.1. The van der Waals surface area contributed by atoms with E-state index in [1.165, 1.54) is 20.0 Å². The van der Waals surface area contributed by atoms with Gasteiger partial charge in [0.1, 0.15) is 10.6 Å². The molecule has 114 valence electrons. The summed E-state index contributed by atoms with van der Waals surface area (Å²) in [6.45, 7) is 2.65. The topological polar surface area (TPSA) is 96.4 Å². The molecule has 2 N–H and O–H groups in total. The van der Waals surface area contributed by atoms with Crippen LogP contribution in [0.25, 0.3) is 0 Å². The Labute approximate surface area is 124 Å². The van der Waals surface area contributed by atoms with Crippen molar-refractivity contribution in [1.82, 2.24) is 4.98 Å². The molecule has 0 aliphatic rings. The Hall–Kier alpha value is -1.91. The van der Waals surface area contributed by atoms with Crippen LogP contribution in [-0.4, -0.2) is 42.0 Å². The van der Waals surface area contributed by atoms with Crippen LogP contribution in [0.1, 0.15) is 25.8 Å². The average molecular weight is 310 g/mol. The highest BCUT2D eigenvalue weighted by atomic mass is 32.2. The summed E-state index contributed by atoms with van der Waals surface area (Å²) >= 11 is 0. The van der Waals surface area contributed by atoms with Gasteiger partial charge < -0.3 is 10.4 Å². The first-order valence-corrected chi connectivity index (χ1v) is 8.14. The molecule has 0 fully saturated rings. The summed E-state index contributed by atoms with van der Waals surface area (Å²) in [7, 11) is -3.54. The molecule has 0 bridgehead atoms. The van der Waals surface area contributed by atoms with E-state index in [1.807, 2.05) is 0 Å². The Bertz CT molecular complexity index is 684. The van der Waals surface area contributed by atoms with Crippen molar-refractivity contribution in [2.24, 2.45) is 0 Å². The predicted molar refractivity (Wildman–Crippen MR) is 80.4 cm³/mol. The number of nitrogens with one attached hydrogen (secondary N) is 1. The van der Waals surface area contributed by atoms with E-state index in [1.54, 1.807) is 12.1 Å². The molecule has 0 aromatic carbocycles. The number of sulfone groups is 1. The molecule has 21 heavy (non-hydrogen) atoms. The fourth-order valence-electron chi connectivity index (χ4n) is 1.23.